The van der Waals surface area contributed by atoms with E-state index in [0.717, 1.165) is 39.4 Å². The number of ether oxygens (including phenoxy) is 1. The van der Waals surface area contributed by atoms with E-state index in [1.807, 2.05) is 13.8 Å². The number of rotatable bonds is 4. The van der Waals surface area contributed by atoms with Crippen molar-refractivity contribution in [1.29, 1.82) is 5.26 Å². The Balaban J connectivity index is 0.00000220. The monoisotopic (exact) mass is 301 g/mol. The number of hydrogen-bond acceptors (Lipinski definition) is 6. The van der Waals surface area contributed by atoms with Gasteiger partial charge in [0, 0.05) is 31.7 Å². The fraction of sp³-hybridized carbons (Fsp3) is 0.714. The topological polar surface area (TPSA) is 79.6 Å². The van der Waals surface area contributed by atoms with Gasteiger partial charge in [-0.3, -0.25) is 9.80 Å². The maximum Gasteiger partial charge on any atom is 1.00 e. The van der Waals surface area contributed by atoms with Crippen molar-refractivity contribution in [3.8, 4) is 6.07 Å². The van der Waals surface area contributed by atoms with Gasteiger partial charge in [-0.15, -0.1) is 0 Å². The van der Waals surface area contributed by atoms with Crippen molar-refractivity contribution in [3.05, 3.63) is 11.6 Å². The summed E-state index contributed by atoms with van der Waals surface area (Å²) >= 11 is 0. The van der Waals surface area contributed by atoms with Crippen LogP contribution in [0.15, 0.2) is 11.6 Å². The molecule has 0 spiro atoms. The zero-order chi connectivity index (χ0) is 14.8. The summed E-state index contributed by atoms with van der Waals surface area (Å²) in [5.41, 5.74) is -0.766. The second kappa shape index (κ2) is 7.73. The third kappa shape index (κ3) is 4.52. The Labute approximate surface area is 147 Å². The van der Waals surface area contributed by atoms with E-state index in [1.54, 1.807) is 6.07 Å². The Bertz CT molecular complexity index is 447. The number of piperazine rings is 1. The Morgan fingerprint density at radius 2 is 1.90 bits per heavy atom. The first-order chi connectivity index (χ1) is 9.44. The van der Waals surface area contributed by atoms with Gasteiger partial charge in [0.05, 0.1) is 30.8 Å². The molecule has 0 aromatic heterocycles. The van der Waals surface area contributed by atoms with Crippen molar-refractivity contribution in [2.45, 2.75) is 25.4 Å². The average Bonchev–Trinajstić information content (AvgIpc) is 2.34. The molecule has 0 aromatic carbocycles. The zero-order valence-corrected chi connectivity index (χ0v) is 15.0. The fourth-order valence-corrected chi connectivity index (χ4v) is 2.68. The van der Waals surface area contributed by atoms with Crippen LogP contribution in [-0.4, -0.2) is 66.7 Å². The second-order valence-electron chi connectivity index (χ2n) is 5.83. The first kappa shape index (κ1) is 18.6. The molecule has 7 heteroatoms. The minimum Gasteiger partial charge on any atom is -0.544 e. The maximum absolute atomic E-state index is 10.8. The van der Waals surface area contributed by atoms with Gasteiger partial charge in [-0.1, -0.05) is 0 Å². The fourth-order valence-electron chi connectivity index (χ4n) is 2.68. The first-order valence-corrected chi connectivity index (χ1v) is 6.85. The van der Waals surface area contributed by atoms with Crippen LogP contribution in [0.2, 0.25) is 0 Å². The molecule has 0 bridgehead atoms. The van der Waals surface area contributed by atoms with Crippen molar-refractivity contribution in [3.63, 3.8) is 0 Å². The molecule has 6 nitrogen and oxygen atoms in total. The number of nitrogens with zero attached hydrogens (tertiary/aromatic N) is 3. The van der Waals surface area contributed by atoms with Gasteiger partial charge in [0.25, 0.3) is 0 Å². The van der Waals surface area contributed by atoms with E-state index in [4.69, 9.17) is 10.00 Å². The number of nitriles is 1. The molecule has 0 unspecified atom stereocenters. The van der Waals surface area contributed by atoms with Crippen molar-refractivity contribution in [2.24, 2.45) is 0 Å². The summed E-state index contributed by atoms with van der Waals surface area (Å²) in [4.78, 5) is 15.4. The number of carbonyl (C=O) groups is 1. The molecular formula is C14H20N3NaO3. The van der Waals surface area contributed by atoms with Crippen molar-refractivity contribution in [1.82, 2.24) is 9.80 Å². The predicted molar refractivity (Wildman–Crippen MR) is 70.5 cm³/mol. The zero-order valence-electron chi connectivity index (χ0n) is 13.0. The molecule has 0 amide bonds. The van der Waals surface area contributed by atoms with Gasteiger partial charge < -0.3 is 14.6 Å². The minimum atomic E-state index is -1.41. The van der Waals surface area contributed by atoms with Crippen LogP contribution >= 0.6 is 0 Å². The summed E-state index contributed by atoms with van der Waals surface area (Å²) in [6, 6.07) is 2.22. The smallest absolute Gasteiger partial charge is 0.544 e. The van der Waals surface area contributed by atoms with Gasteiger partial charge >= 0.3 is 29.6 Å². The largest absolute Gasteiger partial charge is 1.00 e. The molecule has 0 N–H and O–H groups in total. The van der Waals surface area contributed by atoms with Crippen molar-refractivity contribution < 1.29 is 44.2 Å². The van der Waals surface area contributed by atoms with Crippen LogP contribution in [0.25, 0.3) is 0 Å². The predicted octanol–water partition coefficient (Wildman–Crippen LogP) is -4.01. The van der Waals surface area contributed by atoms with Gasteiger partial charge in [0.1, 0.15) is 6.07 Å². The number of carbonyl (C=O) groups excluding carboxylic acids is 1. The third-order valence-corrected chi connectivity index (χ3v) is 4.10. The quantitative estimate of drug-likeness (QED) is 0.299. The number of hydrogen-bond donors (Lipinski definition) is 0. The first-order valence-electron chi connectivity index (χ1n) is 6.85. The molecule has 110 valence electrons. The molecule has 2 saturated heterocycles. The Kier molecular flexibility index (Phi) is 6.85. The van der Waals surface area contributed by atoms with Crippen molar-refractivity contribution >= 4 is 5.97 Å². The van der Waals surface area contributed by atoms with Gasteiger partial charge in [-0.2, -0.15) is 5.26 Å². The van der Waals surface area contributed by atoms with E-state index < -0.39 is 11.5 Å². The second-order valence-corrected chi connectivity index (χ2v) is 5.83. The van der Waals surface area contributed by atoms with E-state index >= 15 is 0 Å². The van der Waals surface area contributed by atoms with Crippen LogP contribution in [-0.2, 0) is 9.53 Å². The molecule has 0 saturated carbocycles. The molecule has 0 atom stereocenters. The SMILES string of the molecule is CC(C)(/C=C(\C#N)C(=O)[O-])N1CCN(C2COC2)CC1.[Na+]. The summed E-state index contributed by atoms with van der Waals surface area (Å²) in [5.74, 6) is -1.41. The van der Waals surface area contributed by atoms with E-state index in [1.165, 1.54) is 6.08 Å². The minimum absolute atomic E-state index is 0. The third-order valence-electron chi connectivity index (χ3n) is 4.10. The van der Waals surface area contributed by atoms with Crippen LogP contribution in [0.4, 0.5) is 0 Å². The normalized spacial score (nSPS) is 22.0. The van der Waals surface area contributed by atoms with Gasteiger partial charge in [-0.25, -0.2) is 0 Å². The van der Waals surface area contributed by atoms with E-state index in [0.29, 0.717) is 6.04 Å². The van der Waals surface area contributed by atoms with Crippen LogP contribution in [0.3, 0.4) is 0 Å². The van der Waals surface area contributed by atoms with Gasteiger partial charge in [-0.05, 0) is 19.9 Å². The van der Waals surface area contributed by atoms with Crippen molar-refractivity contribution in [2.75, 3.05) is 39.4 Å². The van der Waals surface area contributed by atoms with E-state index in [-0.39, 0.29) is 35.1 Å². The molecule has 0 aliphatic carbocycles. The molecule has 2 rings (SSSR count). The molecular weight excluding hydrogens is 281 g/mol. The van der Waals surface area contributed by atoms with Crippen LogP contribution in [0, 0.1) is 11.3 Å². The number of carboxylic acids is 1. The van der Waals surface area contributed by atoms with E-state index in [2.05, 4.69) is 9.80 Å². The average molecular weight is 301 g/mol. The molecule has 2 heterocycles. The Hall–Kier alpha value is -0.420. The van der Waals surface area contributed by atoms with E-state index in [9.17, 15) is 9.90 Å². The van der Waals surface area contributed by atoms with Crippen LogP contribution < -0.4 is 34.7 Å². The summed E-state index contributed by atoms with van der Waals surface area (Å²) < 4.78 is 5.20. The molecule has 2 fully saturated rings. The Morgan fingerprint density at radius 3 is 2.29 bits per heavy atom. The molecule has 2 aliphatic rings. The summed E-state index contributed by atoms with van der Waals surface area (Å²) in [6.07, 6.45) is 1.49. The van der Waals surface area contributed by atoms with Crippen LogP contribution in [0.5, 0.6) is 0 Å². The molecule has 21 heavy (non-hydrogen) atoms. The molecule has 2 aliphatic heterocycles. The summed E-state index contributed by atoms with van der Waals surface area (Å²) in [7, 11) is 0. The Morgan fingerprint density at radius 1 is 1.33 bits per heavy atom. The van der Waals surface area contributed by atoms with Gasteiger partial charge in [0.15, 0.2) is 0 Å². The number of carboxylic acid groups (broad SMARTS) is 1. The number of aliphatic carboxylic acids is 1. The molecule has 0 aromatic rings. The maximum atomic E-state index is 10.8. The summed E-state index contributed by atoms with van der Waals surface area (Å²) in [6.45, 7) is 9.07. The standard InChI is InChI=1S/C14H21N3O3.Na/c1-14(2,7-11(8-15)13(18)19)17-5-3-16(4-6-17)12-9-20-10-12;/h7,12H,3-6,9-10H2,1-2H3,(H,18,19);/q;+1/p-1/b11-7+;. The summed E-state index contributed by atoms with van der Waals surface area (Å²) in [5, 5.41) is 19.7. The molecule has 0 radical (unpaired) electrons. The van der Waals surface area contributed by atoms with Crippen LogP contribution in [0.1, 0.15) is 13.8 Å². The van der Waals surface area contributed by atoms with Gasteiger partial charge in [0.2, 0.25) is 0 Å².